The Balaban J connectivity index is 1.40. The highest BCUT2D eigenvalue weighted by molar-refractivity contribution is 8.13. The smallest absolute Gasteiger partial charge is 0.230 e. The Morgan fingerprint density at radius 3 is 2.71 bits per heavy atom. The highest BCUT2D eigenvalue weighted by atomic mass is 32.2. The van der Waals surface area contributed by atoms with Crippen LogP contribution in [0.3, 0.4) is 0 Å². The molecule has 5 rings (SSSR count). The number of halogens is 2. The number of benzene rings is 1. The van der Waals surface area contributed by atoms with Crippen LogP contribution in [0.25, 0.3) is 0 Å². The molecule has 0 bridgehead atoms. The van der Waals surface area contributed by atoms with Gasteiger partial charge in [0.15, 0.2) is 11.0 Å². The largest absolute Gasteiger partial charge is 0.379 e. The normalized spacial score (nSPS) is 21.6. The van der Waals surface area contributed by atoms with Crippen LogP contribution in [-0.2, 0) is 16.8 Å². The Kier molecular flexibility index (Phi) is 5.86. The second-order valence-electron chi connectivity index (χ2n) is 8.24. The number of thioether (sulfide) groups is 1. The SMILES string of the molecule is NC1=N[C@@]2(c3cccc(NC(=O)Cc4ccc(F)cn4)c3)CN(c3ncc(F)cn3)C[C@H]2CS1. The Morgan fingerprint density at radius 2 is 1.94 bits per heavy atom. The third-order valence-corrected chi connectivity index (χ3v) is 6.91. The number of nitrogens with two attached hydrogens (primary N) is 1. The summed E-state index contributed by atoms with van der Waals surface area (Å²) in [5.74, 6) is 0.109. The van der Waals surface area contributed by atoms with Gasteiger partial charge in [0.05, 0.1) is 31.6 Å². The van der Waals surface area contributed by atoms with Crippen molar-refractivity contribution in [3.8, 4) is 0 Å². The molecule has 2 atom stereocenters. The number of nitrogens with zero attached hydrogens (tertiary/aromatic N) is 5. The number of nitrogens with one attached hydrogen (secondary N) is 1. The van der Waals surface area contributed by atoms with Gasteiger partial charge >= 0.3 is 0 Å². The van der Waals surface area contributed by atoms with E-state index in [0.717, 1.165) is 29.9 Å². The number of hydrogen-bond donors (Lipinski definition) is 2. The molecule has 2 aliphatic rings. The van der Waals surface area contributed by atoms with Crippen molar-refractivity contribution >= 4 is 34.5 Å². The molecule has 11 heteroatoms. The minimum Gasteiger partial charge on any atom is -0.379 e. The predicted molar refractivity (Wildman–Crippen MR) is 126 cm³/mol. The zero-order valence-electron chi connectivity index (χ0n) is 18.0. The van der Waals surface area contributed by atoms with Gasteiger partial charge in [0, 0.05) is 29.6 Å². The van der Waals surface area contributed by atoms with E-state index in [1.807, 2.05) is 23.1 Å². The number of pyridine rings is 1. The van der Waals surface area contributed by atoms with Gasteiger partial charge in [-0.25, -0.2) is 23.7 Å². The van der Waals surface area contributed by atoms with Gasteiger partial charge in [0.1, 0.15) is 11.4 Å². The Morgan fingerprint density at radius 1 is 1.15 bits per heavy atom. The van der Waals surface area contributed by atoms with Gasteiger partial charge in [-0.05, 0) is 29.8 Å². The maximum Gasteiger partial charge on any atom is 0.230 e. The highest BCUT2D eigenvalue weighted by Crippen LogP contribution is 2.46. The van der Waals surface area contributed by atoms with Crippen LogP contribution in [-0.4, -0.2) is 44.9 Å². The fourth-order valence-corrected chi connectivity index (χ4v) is 5.37. The van der Waals surface area contributed by atoms with Crippen molar-refractivity contribution in [2.24, 2.45) is 16.6 Å². The zero-order chi connectivity index (χ0) is 23.7. The van der Waals surface area contributed by atoms with Crippen LogP contribution < -0.4 is 16.0 Å². The molecule has 0 spiro atoms. The van der Waals surface area contributed by atoms with Crippen LogP contribution in [0.1, 0.15) is 11.3 Å². The molecule has 0 saturated carbocycles. The van der Waals surface area contributed by atoms with Crippen LogP contribution in [0.15, 0.2) is 60.0 Å². The third-order valence-electron chi connectivity index (χ3n) is 5.96. The standard InChI is InChI=1S/C23H21F2N7OS/c24-16-4-5-18(27-8-16)7-20(33)30-19-3-1-2-14(6-19)23-13-32(22-28-9-17(25)10-29-22)11-15(23)12-34-21(26)31-23/h1-6,8-10,15H,7,11-13H2,(H2,26,31)(H,30,33)/t15-,23+/m0/s1. The fraction of sp³-hybridized carbons (Fsp3) is 0.261. The van der Waals surface area contributed by atoms with E-state index in [1.54, 1.807) is 6.07 Å². The molecular weight excluding hydrogens is 460 g/mol. The lowest BCUT2D eigenvalue weighted by Gasteiger charge is -2.34. The van der Waals surface area contributed by atoms with Gasteiger partial charge in [0.25, 0.3) is 0 Å². The minimum absolute atomic E-state index is 0.0235. The maximum atomic E-state index is 13.3. The molecule has 0 unspecified atom stereocenters. The lowest BCUT2D eigenvalue weighted by atomic mass is 9.81. The summed E-state index contributed by atoms with van der Waals surface area (Å²) >= 11 is 1.50. The number of aromatic nitrogens is 3. The number of carbonyl (C=O) groups excluding carboxylic acids is 1. The van der Waals surface area contributed by atoms with Gasteiger partial charge in [0.2, 0.25) is 11.9 Å². The summed E-state index contributed by atoms with van der Waals surface area (Å²) < 4.78 is 26.4. The molecule has 174 valence electrons. The molecule has 1 fully saturated rings. The molecule has 3 aromatic rings. The van der Waals surface area contributed by atoms with E-state index in [4.69, 9.17) is 10.7 Å². The molecule has 1 saturated heterocycles. The van der Waals surface area contributed by atoms with Crippen LogP contribution >= 0.6 is 11.8 Å². The number of aliphatic imine (C=N–C) groups is 1. The number of amidine groups is 1. The molecule has 0 radical (unpaired) electrons. The van der Waals surface area contributed by atoms with E-state index in [1.165, 1.54) is 23.9 Å². The lowest BCUT2D eigenvalue weighted by molar-refractivity contribution is -0.115. The van der Waals surface area contributed by atoms with Crippen molar-refractivity contribution in [3.05, 3.63) is 77.9 Å². The fourth-order valence-electron chi connectivity index (χ4n) is 4.39. The zero-order valence-corrected chi connectivity index (χ0v) is 18.8. The highest BCUT2D eigenvalue weighted by Gasteiger charge is 2.50. The van der Waals surface area contributed by atoms with Gasteiger partial charge in [-0.3, -0.25) is 9.78 Å². The van der Waals surface area contributed by atoms with E-state index in [0.29, 0.717) is 35.6 Å². The van der Waals surface area contributed by atoms with Crippen molar-refractivity contribution in [2.75, 3.05) is 29.1 Å². The summed E-state index contributed by atoms with van der Waals surface area (Å²) in [4.78, 5) is 31.6. The number of hydrogen-bond acceptors (Lipinski definition) is 8. The molecule has 3 N–H and O–H groups in total. The second kappa shape index (κ2) is 8.98. The summed E-state index contributed by atoms with van der Waals surface area (Å²) in [6.45, 7) is 1.11. The van der Waals surface area contributed by atoms with Crippen molar-refractivity contribution in [1.29, 1.82) is 0 Å². The Bertz CT molecular complexity index is 1240. The van der Waals surface area contributed by atoms with Crippen LogP contribution in [0, 0.1) is 17.6 Å². The molecule has 34 heavy (non-hydrogen) atoms. The first-order valence-electron chi connectivity index (χ1n) is 10.6. The molecule has 0 aliphatic carbocycles. The van der Waals surface area contributed by atoms with Gasteiger partial charge in [-0.1, -0.05) is 23.9 Å². The second-order valence-corrected chi connectivity index (χ2v) is 9.28. The Hall–Kier alpha value is -3.60. The maximum absolute atomic E-state index is 13.3. The number of anilines is 2. The summed E-state index contributed by atoms with van der Waals surface area (Å²) in [6, 6.07) is 10.3. The molecule has 2 aliphatic heterocycles. The summed E-state index contributed by atoms with van der Waals surface area (Å²) in [5, 5.41) is 3.38. The van der Waals surface area contributed by atoms with E-state index < -0.39 is 17.2 Å². The van der Waals surface area contributed by atoms with Crippen LogP contribution in [0.5, 0.6) is 0 Å². The Labute approximate surface area is 198 Å². The molecule has 8 nitrogen and oxygen atoms in total. The number of rotatable bonds is 5. The first-order chi connectivity index (χ1) is 16.4. The first kappa shape index (κ1) is 22.2. The van der Waals surface area contributed by atoms with Gasteiger partial charge < -0.3 is 16.0 Å². The topological polar surface area (TPSA) is 109 Å². The van der Waals surface area contributed by atoms with Crippen molar-refractivity contribution in [2.45, 2.75) is 12.0 Å². The van der Waals surface area contributed by atoms with Crippen molar-refractivity contribution in [3.63, 3.8) is 0 Å². The molecule has 1 amide bonds. The monoisotopic (exact) mass is 481 g/mol. The number of carbonyl (C=O) groups is 1. The summed E-state index contributed by atoms with van der Waals surface area (Å²) in [5.41, 5.74) is 7.49. The molecule has 1 aromatic carbocycles. The summed E-state index contributed by atoms with van der Waals surface area (Å²) in [7, 11) is 0. The molecule has 2 aromatic heterocycles. The quantitative estimate of drug-likeness (QED) is 0.577. The van der Waals surface area contributed by atoms with E-state index >= 15 is 0 Å². The number of amides is 1. The average molecular weight is 482 g/mol. The third kappa shape index (κ3) is 4.43. The van der Waals surface area contributed by atoms with E-state index in [2.05, 4.69) is 20.3 Å². The molecular formula is C23H21F2N7OS. The lowest BCUT2D eigenvalue weighted by Crippen LogP contribution is -2.40. The predicted octanol–water partition coefficient (Wildman–Crippen LogP) is 2.72. The van der Waals surface area contributed by atoms with Crippen LogP contribution in [0.2, 0.25) is 0 Å². The van der Waals surface area contributed by atoms with Crippen molar-refractivity contribution in [1.82, 2.24) is 15.0 Å². The average Bonchev–Trinajstić information content (AvgIpc) is 3.21. The van der Waals surface area contributed by atoms with Crippen molar-refractivity contribution < 1.29 is 13.6 Å². The van der Waals surface area contributed by atoms with E-state index in [-0.39, 0.29) is 18.2 Å². The van der Waals surface area contributed by atoms with Crippen LogP contribution in [0.4, 0.5) is 20.4 Å². The first-order valence-corrected chi connectivity index (χ1v) is 11.6. The van der Waals surface area contributed by atoms with Gasteiger partial charge in [-0.2, -0.15) is 0 Å². The number of fused-ring (bicyclic) bond motifs is 1. The van der Waals surface area contributed by atoms with E-state index in [9.17, 15) is 13.6 Å². The summed E-state index contributed by atoms with van der Waals surface area (Å²) in [6.07, 6.45) is 3.41. The molecule has 4 heterocycles. The minimum atomic E-state index is -0.646. The van der Waals surface area contributed by atoms with Gasteiger partial charge in [-0.15, -0.1) is 0 Å².